The normalized spacial score (nSPS) is 12.3. The van der Waals surface area contributed by atoms with Gasteiger partial charge < -0.3 is 10.1 Å². The summed E-state index contributed by atoms with van der Waals surface area (Å²) in [6, 6.07) is 12.6. The molecule has 0 aliphatic heterocycles. The summed E-state index contributed by atoms with van der Waals surface area (Å²) in [5, 5.41) is 5.75. The Morgan fingerprint density at radius 2 is 2.05 bits per heavy atom. The first kappa shape index (κ1) is 13.9. The number of anilines is 1. The number of rotatable bonds is 4. The van der Waals surface area contributed by atoms with Crippen LogP contribution in [0.5, 0.6) is 5.75 Å². The maximum absolute atomic E-state index is 5.28. The van der Waals surface area contributed by atoms with Gasteiger partial charge in [-0.25, -0.2) is 4.98 Å². The third kappa shape index (κ3) is 2.85. The molecule has 1 atom stereocenters. The van der Waals surface area contributed by atoms with Gasteiger partial charge in [0.05, 0.1) is 13.2 Å². The van der Waals surface area contributed by atoms with Crippen LogP contribution in [0.2, 0.25) is 0 Å². The first-order chi connectivity index (χ1) is 10.2. The van der Waals surface area contributed by atoms with Gasteiger partial charge in [0.2, 0.25) is 0 Å². The highest BCUT2D eigenvalue weighted by molar-refractivity contribution is 7.12. The van der Waals surface area contributed by atoms with Crippen LogP contribution in [-0.2, 0) is 0 Å². The van der Waals surface area contributed by atoms with Crippen LogP contribution in [0.1, 0.15) is 22.7 Å². The Morgan fingerprint density at radius 1 is 1.19 bits per heavy atom. The molecule has 0 saturated heterocycles. The fraction of sp³-hybridized carbons (Fsp3) is 0.235. The van der Waals surface area contributed by atoms with Crippen LogP contribution in [0.3, 0.4) is 0 Å². The minimum absolute atomic E-state index is 0.240. The maximum Gasteiger partial charge on any atom is 0.134 e. The van der Waals surface area contributed by atoms with Crippen molar-refractivity contribution in [2.24, 2.45) is 0 Å². The highest BCUT2D eigenvalue weighted by Crippen LogP contribution is 2.29. The van der Waals surface area contributed by atoms with Gasteiger partial charge >= 0.3 is 0 Å². The molecule has 0 amide bonds. The van der Waals surface area contributed by atoms with E-state index in [0.29, 0.717) is 0 Å². The van der Waals surface area contributed by atoms with Crippen molar-refractivity contribution in [3.05, 3.63) is 52.3 Å². The Kier molecular flexibility index (Phi) is 3.80. The van der Waals surface area contributed by atoms with Crippen molar-refractivity contribution in [1.82, 2.24) is 4.98 Å². The van der Waals surface area contributed by atoms with E-state index >= 15 is 0 Å². The van der Waals surface area contributed by atoms with E-state index in [2.05, 4.69) is 42.3 Å². The Labute approximate surface area is 128 Å². The molecule has 0 spiro atoms. The quantitative estimate of drug-likeness (QED) is 0.752. The number of benzene rings is 1. The molecule has 0 bridgehead atoms. The number of nitrogens with one attached hydrogen (secondary N) is 1. The Bertz CT molecular complexity index is 766. The van der Waals surface area contributed by atoms with Crippen LogP contribution >= 0.6 is 11.3 Å². The van der Waals surface area contributed by atoms with E-state index in [1.807, 2.05) is 35.7 Å². The molecule has 0 radical (unpaired) electrons. The number of pyridine rings is 1. The van der Waals surface area contributed by atoms with Crippen molar-refractivity contribution < 1.29 is 4.74 Å². The fourth-order valence-corrected chi connectivity index (χ4v) is 3.24. The molecule has 0 aliphatic rings. The molecule has 4 heteroatoms. The lowest BCUT2D eigenvalue weighted by molar-refractivity contribution is 0.415. The smallest absolute Gasteiger partial charge is 0.134 e. The highest BCUT2D eigenvalue weighted by atomic mass is 32.1. The number of aromatic nitrogens is 1. The Balaban J connectivity index is 1.93. The molecule has 0 fully saturated rings. The number of hydrogen-bond donors (Lipinski definition) is 1. The summed E-state index contributed by atoms with van der Waals surface area (Å²) in [6.07, 6.45) is 1.83. The molecule has 1 N–H and O–H groups in total. The van der Waals surface area contributed by atoms with Gasteiger partial charge in [-0.2, -0.15) is 0 Å². The van der Waals surface area contributed by atoms with Crippen LogP contribution in [0.4, 0.5) is 5.82 Å². The van der Waals surface area contributed by atoms with Gasteiger partial charge in [-0.05, 0) is 55.6 Å². The van der Waals surface area contributed by atoms with Crippen molar-refractivity contribution in [1.29, 1.82) is 0 Å². The molecular formula is C17H18N2OS. The van der Waals surface area contributed by atoms with Crippen molar-refractivity contribution >= 4 is 27.9 Å². The van der Waals surface area contributed by atoms with E-state index in [4.69, 9.17) is 4.74 Å². The van der Waals surface area contributed by atoms with Crippen LogP contribution in [0, 0.1) is 6.92 Å². The van der Waals surface area contributed by atoms with Crippen molar-refractivity contribution in [2.75, 3.05) is 12.4 Å². The number of aryl methyl sites for hydroxylation is 1. The number of hydrogen-bond acceptors (Lipinski definition) is 4. The summed E-state index contributed by atoms with van der Waals surface area (Å²) in [5.41, 5.74) is 0. The molecule has 2 heterocycles. The third-order valence-corrected chi connectivity index (χ3v) is 4.70. The molecule has 2 aromatic heterocycles. The first-order valence-corrected chi connectivity index (χ1v) is 7.74. The summed E-state index contributed by atoms with van der Waals surface area (Å²) in [7, 11) is 1.68. The van der Waals surface area contributed by atoms with Gasteiger partial charge in [0, 0.05) is 21.3 Å². The molecule has 1 unspecified atom stereocenters. The minimum Gasteiger partial charge on any atom is -0.497 e. The number of ether oxygens (including phenoxy) is 1. The number of nitrogens with zero attached hydrogens (tertiary/aromatic N) is 1. The van der Waals surface area contributed by atoms with Crippen LogP contribution < -0.4 is 10.1 Å². The van der Waals surface area contributed by atoms with Gasteiger partial charge in [0.25, 0.3) is 0 Å². The topological polar surface area (TPSA) is 34.1 Å². The van der Waals surface area contributed by atoms with E-state index < -0.39 is 0 Å². The summed E-state index contributed by atoms with van der Waals surface area (Å²) in [5.74, 6) is 1.77. The zero-order valence-corrected chi connectivity index (χ0v) is 13.2. The lowest BCUT2D eigenvalue weighted by Crippen LogP contribution is -2.06. The minimum atomic E-state index is 0.240. The summed E-state index contributed by atoms with van der Waals surface area (Å²) in [4.78, 5) is 7.13. The average molecular weight is 298 g/mol. The molecular weight excluding hydrogens is 280 g/mol. The van der Waals surface area contributed by atoms with E-state index in [9.17, 15) is 0 Å². The monoisotopic (exact) mass is 298 g/mol. The number of fused-ring (bicyclic) bond motifs is 1. The predicted molar refractivity (Wildman–Crippen MR) is 89.4 cm³/mol. The molecule has 3 nitrogen and oxygen atoms in total. The zero-order valence-electron chi connectivity index (χ0n) is 12.4. The zero-order chi connectivity index (χ0) is 14.8. The second kappa shape index (κ2) is 5.74. The van der Waals surface area contributed by atoms with Crippen molar-refractivity contribution in [3.8, 4) is 5.75 Å². The van der Waals surface area contributed by atoms with Gasteiger partial charge in [-0.1, -0.05) is 0 Å². The van der Waals surface area contributed by atoms with Crippen LogP contribution in [-0.4, -0.2) is 12.1 Å². The molecule has 1 aromatic carbocycles. The summed E-state index contributed by atoms with van der Waals surface area (Å²) >= 11 is 1.82. The van der Waals surface area contributed by atoms with Crippen molar-refractivity contribution in [3.63, 3.8) is 0 Å². The predicted octanol–water partition coefficient (Wildman–Crippen LogP) is 4.79. The fourth-order valence-electron chi connectivity index (χ4n) is 2.36. The third-order valence-electron chi connectivity index (χ3n) is 3.51. The molecule has 21 heavy (non-hydrogen) atoms. The maximum atomic E-state index is 5.28. The largest absolute Gasteiger partial charge is 0.497 e. The van der Waals surface area contributed by atoms with Gasteiger partial charge in [0.15, 0.2) is 0 Å². The number of methoxy groups -OCH3 is 1. The molecule has 0 aliphatic carbocycles. The second-order valence-corrected chi connectivity index (χ2v) is 6.38. The van der Waals surface area contributed by atoms with E-state index in [1.165, 1.54) is 9.75 Å². The van der Waals surface area contributed by atoms with E-state index in [0.717, 1.165) is 22.3 Å². The number of thiophene rings is 1. The molecule has 0 saturated carbocycles. The van der Waals surface area contributed by atoms with Gasteiger partial charge in [-0.3, -0.25) is 0 Å². The summed E-state index contributed by atoms with van der Waals surface area (Å²) < 4.78 is 5.28. The highest BCUT2D eigenvalue weighted by Gasteiger charge is 2.10. The van der Waals surface area contributed by atoms with E-state index in [-0.39, 0.29) is 6.04 Å². The summed E-state index contributed by atoms with van der Waals surface area (Å²) in [6.45, 7) is 4.29. The second-order valence-electron chi connectivity index (χ2n) is 5.06. The van der Waals surface area contributed by atoms with Crippen LogP contribution in [0.25, 0.3) is 10.8 Å². The van der Waals surface area contributed by atoms with Gasteiger partial charge in [-0.15, -0.1) is 11.3 Å². The first-order valence-electron chi connectivity index (χ1n) is 6.93. The average Bonchev–Trinajstić information content (AvgIpc) is 2.93. The Hall–Kier alpha value is -2.07. The van der Waals surface area contributed by atoms with Crippen molar-refractivity contribution in [2.45, 2.75) is 19.9 Å². The van der Waals surface area contributed by atoms with Crippen LogP contribution in [0.15, 0.2) is 42.6 Å². The lowest BCUT2D eigenvalue weighted by Gasteiger charge is -2.15. The molecule has 3 aromatic rings. The van der Waals surface area contributed by atoms with E-state index in [1.54, 1.807) is 7.11 Å². The standard InChI is InChI=1S/C17H18N2OS/c1-11-4-7-16(21-11)12(2)19-17-15-6-5-14(20-3)10-13(15)8-9-18-17/h4-10,12H,1-3H3,(H,18,19). The van der Waals surface area contributed by atoms with Gasteiger partial charge in [0.1, 0.15) is 11.6 Å². The lowest BCUT2D eigenvalue weighted by atomic mass is 10.1. The Morgan fingerprint density at radius 3 is 2.76 bits per heavy atom. The molecule has 108 valence electrons. The molecule has 3 rings (SSSR count). The SMILES string of the molecule is COc1ccc2c(NC(C)c3ccc(C)s3)nccc2c1.